The van der Waals surface area contributed by atoms with Crippen LogP contribution < -0.4 is 5.32 Å². The Labute approximate surface area is 151 Å². The summed E-state index contributed by atoms with van der Waals surface area (Å²) >= 11 is 1.78. The Bertz CT molecular complexity index is 848. The van der Waals surface area contributed by atoms with Gasteiger partial charge < -0.3 is 10.2 Å². The van der Waals surface area contributed by atoms with Crippen LogP contribution in [0, 0.1) is 0 Å². The lowest BCUT2D eigenvalue weighted by Gasteiger charge is -2.36. The third-order valence-electron chi connectivity index (χ3n) is 4.49. The highest BCUT2D eigenvalue weighted by Gasteiger charge is 2.32. The number of nitrogens with one attached hydrogen (secondary N) is 1. The number of benzene rings is 1. The molecule has 0 saturated carbocycles. The van der Waals surface area contributed by atoms with Gasteiger partial charge in [-0.3, -0.25) is 4.98 Å². The van der Waals surface area contributed by atoms with Crippen LogP contribution in [-0.4, -0.2) is 22.5 Å². The summed E-state index contributed by atoms with van der Waals surface area (Å²) in [4.78, 5) is 20.5. The molecule has 1 N–H and O–H groups in total. The minimum absolute atomic E-state index is 0.0278. The number of carbonyl (C=O) groups excluding carboxylic acids is 1. The molecule has 0 saturated heterocycles. The van der Waals surface area contributed by atoms with Gasteiger partial charge in [-0.05, 0) is 41.1 Å². The zero-order valence-corrected chi connectivity index (χ0v) is 14.6. The van der Waals surface area contributed by atoms with Crippen molar-refractivity contribution in [3.63, 3.8) is 0 Å². The van der Waals surface area contributed by atoms with E-state index in [1.165, 1.54) is 10.4 Å². The Morgan fingerprint density at radius 3 is 2.80 bits per heavy atom. The monoisotopic (exact) mass is 349 g/mol. The van der Waals surface area contributed by atoms with E-state index in [2.05, 4.69) is 33.9 Å². The maximum atomic E-state index is 12.9. The van der Waals surface area contributed by atoms with Crippen molar-refractivity contribution >= 4 is 17.4 Å². The van der Waals surface area contributed by atoms with E-state index in [0.29, 0.717) is 6.54 Å². The summed E-state index contributed by atoms with van der Waals surface area (Å²) < 4.78 is 0. The summed E-state index contributed by atoms with van der Waals surface area (Å²) in [6.45, 7) is 1.16. The normalized spacial score (nSPS) is 16.3. The summed E-state index contributed by atoms with van der Waals surface area (Å²) in [6, 6.07) is 18.0. The summed E-state index contributed by atoms with van der Waals surface area (Å²) in [5.74, 6) is 0. The fourth-order valence-electron chi connectivity index (χ4n) is 3.30. The Balaban J connectivity index is 1.58. The molecule has 0 spiro atoms. The second kappa shape index (κ2) is 7.07. The van der Waals surface area contributed by atoms with E-state index in [0.717, 1.165) is 24.2 Å². The number of hydrogen-bond acceptors (Lipinski definition) is 3. The van der Waals surface area contributed by atoms with Crippen LogP contribution >= 0.6 is 11.3 Å². The highest BCUT2D eigenvalue weighted by molar-refractivity contribution is 7.10. The third kappa shape index (κ3) is 3.28. The molecule has 0 fully saturated rings. The lowest BCUT2D eigenvalue weighted by atomic mass is 9.93. The van der Waals surface area contributed by atoms with Gasteiger partial charge in [-0.1, -0.05) is 36.4 Å². The van der Waals surface area contributed by atoms with Crippen LogP contribution in [0.5, 0.6) is 0 Å². The molecule has 4 rings (SSSR count). The maximum absolute atomic E-state index is 12.9. The second-order valence-corrected chi connectivity index (χ2v) is 7.04. The van der Waals surface area contributed by atoms with E-state index in [9.17, 15) is 4.79 Å². The molecule has 0 aliphatic carbocycles. The van der Waals surface area contributed by atoms with Crippen molar-refractivity contribution in [2.75, 3.05) is 6.54 Å². The second-order valence-electron chi connectivity index (χ2n) is 6.04. The molecule has 1 aliphatic heterocycles. The predicted molar refractivity (Wildman–Crippen MR) is 99.5 cm³/mol. The fourth-order valence-corrected chi connectivity index (χ4v) is 4.20. The van der Waals surface area contributed by atoms with Gasteiger partial charge >= 0.3 is 6.03 Å². The summed E-state index contributed by atoms with van der Waals surface area (Å²) in [5, 5.41) is 5.14. The largest absolute Gasteiger partial charge is 0.332 e. The molecule has 1 unspecified atom stereocenters. The Hall–Kier alpha value is -2.66. The molecule has 3 aromatic rings. The van der Waals surface area contributed by atoms with Gasteiger partial charge in [0.2, 0.25) is 0 Å². The Kier molecular flexibility index (Phi) is 4.48. The van der Waals surface area contributed by atoms with Crippen LogP contribution in [0.2, 0.25) is 0 Å². The number of carbonyl (C=O) groups is 1. The smallest absolute Gasteiger partial charge is 0.318 e. The molecular formula is C20H19N3OS. The molecule has 25 heavy (non-hydrogen) atoms. The van der Waals surface area contributed by atoms with Crippen LogP contribution in [0.4, 0.5) is 4.79 Å². The quantitative estimate of drug-likeness (QED) is 0.777. The highest BCUT2D eigenvalue weighted by Crippen LogP contribution is 2.37. The lowest BCUT2D eigenvalue weighted by Crippen LogP contribution is -2.45. The first kappa shape index (κ1) is 15.8. The van der Waals surface area contributed by atoms with Crippen LogP contribution in [-0.2, 0) is 13.0 Å². The number of fused-ring (bicyclic) bond motifs is 1. The van der Waals surface area contributed by atoms with E-state index < -0.39 is 0 Å². The van der Waals surface area contributed by atoms with Gasteiger partial charge in [-0.15, -0.1) is 11.3 Å². The number of aromatic nitrogens is 1. The number of urea groups is 1. The van der Waals surface area contributed by atoms with Crippen molar-refractivity contribution < 1.29 is 4.79 Å². The molecule has 1 atom stereocenters. The van der Waals surface area contributed by atoms with Gasteiger partial charge in [-0.25, -0.2) is 4.79 Å². The number of hydrogen-bond donors (Lipinski definition) is 1. The minimum atomic E-state index is -0.0450. The van der Waals surface area contributed by atoms with Gasteiger partial charge in [0, 0.05) is 17.6 Å². The fraction of sp³-hybridized carbons (Fsp3) is 0.200. The average molecular weight is 349 g/mol. The zero-order valence-electron chi connectivity index (χ0n) is 13.8. The molecule has 2 amide bonds. The van der Waals surface area contributed by atoms with Gasteiger partial charge in [0.15, 0.2) is 0 Å². The van der Waals surface area contributed by atoms with Gasteiger partial charge in [0.05, 0.1) is 18.3 Å². The van der Waals surface area contributed by atoms with Crippen molar-refractivity contribution in [3.05, 3.63) is 87.9 Å². The van der Waals surface area contributed by atoms with Crippen molar-refractivity contribution in [1.29, 1.82) is 0 Å². The minimum Gasteiger partial charge on any atom is -0.332 e. The molecule has 1 aromatic carbocycles. The first-order valence-corrected chi connectivity index (χ1v) is 9.26. The lowest BCUT2D eigenvalue weighted by molar-refractivity contribution is 0.180. The summed E-state index contributed by atoms with van der Waals surface area (Å²) in [5.41, 5.74) is 3.26. The van der Waals surface area contributed by atoms with Crippen LogP contribution in [0.25, 0.3) is 0 Å². The van der Waals surface area contributed by atoms with Gasteiger partial charge in [-0.2, -0.15) is 0 Å². The van der Waals surface area contributed by atoms with E-state index in [1.54, 1.807) is 17.5 Å². The van der Waals surface area contributed by atoms with E-state index in [4.69, 9.17) is 0 Å². The standard InChI is InChI=1S/C20H19N3OS/c24-20(22-14-16-8-4-5-11-21-16)23-12-9-18-17(10-13-25-18)19(23)15-6-2-1-3-7-15/h1-8,10-11,13,19H,9,12,14H2,(H,22,24). The van der Waals surface area contributed by atoms with Crippen molar-refractivity contribution in [2.24, 2.45) is 0 Å². The molecule has 0 bridgehead atoms. The highest BCUT2D eigenvalue weighted by atomic mass is 32.1. The van der Waals surface area contributed by atoms with Crippen LogP contribution in [0.15, 0.2) is 66.2 Å². The van der Waals surface area contributed by atoms with Gasteiger partial charge in [0.1, 0.15) is 0 Å². The van der Waals surface area contributed by atoms with Crippen molar-refractivity contribution in [2.45, 2.75) is 19.0 Å². The third-order valence-corrected chi connectivity index (χ3v) is 5.49. The predicted octanol–water partition coefficient (Wildman–Crippen LogP) is 4.00. The topological polar surface area (TPSA) is 45.2 Å². The maximum Gasteiger partial charge on any atom is 0.318 e. The zero-order chi connectivity index (χ0) is 17.1. The number of pyridine rings is 1. The Morgan fingerprint density at radius 1 is 1.16 bits per heavy atom. The van der Waals surface area contributed by atoms with Gasteiger partial charge in [0.25, 0.3) is 0 Å². The summed E-state index contributed by atoms with van der Waals surface area (Å²) in [7, 11) is 0. The number of rotatable bonds is 3. The summed E-state index contributed by atoms with van der Waals surface area (Å²) in [6.07, 6.45) is 2.65. The molecular weight excluding hydrogens is 330 g/mol. The van der Waals surface area contributed by atoms with E-state index in [1.807, 2.05) is 41.3 Å². The first-order valence-electron chi connectivity index (χ1n) is 8.38. The SMILES string of the molecule is O=C(NCc1ccccn1)N1CCc2sccc2C1c1ccccc1. The molecule has 0 radical (unpaired) electrons. The first-order chi connectivity index (χ1) is 12.3. The molecule has 2 aromatic heterocycles. The average Bonchev–Trinajstić information content (AvgIpc) is 3.15. The van der Waals surface area contributed by atoms with Crippen molar-refractivity contribution in [3.8, 4) is 0 Å². The number of nitrogens with zero attached hydrogens (tertiary/aromatic N) is 2. The Morgan fingerprint density at radius 2 is 2.00 bits per heavy atom. The van der Waals surface area contributed by atoms with Crippen LogP contribution in [0.1, 0.15) is 27.7 Å². The molecule has 126 valence electrons. The number of amides is 2. The molecule has 4 nitrogen and oxygen atoms in total. The molecule has 5 heteroatoms. The molecule has 3 heterocycles. The van der Waals surface area contributed by atoms with E-state index in [-0.39, 0.29) is 12.1 Å². The van der Waals surface area contributed by atoms with Crippen LogP contribution in [0.3, 0.4) is 0 Å². The van der Waals surface area contributed by atoms with E-state index >= 15 is 0 Å². The molecule has 1 aliphatic rings. The number of thiophene rings is 1. The van der Waals surface area contributed by atoms with Crippen molar-refractivity contribution in [1.82, 2.24) is 15.2 Å².